The van der Waals surface area contributed by atoms with Gasteiger partial charge in [-0.15, -0.1) is 11.3 Å². The normalized spacial score (nSPS) is 16.0. The number of hydrogen-bond acceptors (Lipinski definition) is 3. The average molecular weight is 335 g/mol. The van der Waals surface area contributed by atoms with Crippen molar-refractivity contribution in [2.75, 3.05) is 13.1 Å². The Kier molecular flexibility index (Phi) is 4.50. The molecule has 1 aromatic carbocycles. The number of thiazole rings is 1. The molecular formula is C17H19ClN2OS. The van der Waals surface area contributed by atoms with E-state index in [4.69, 9.17) is 11.6 Å². The maximum Gasteiger partial charge on any atom is 0.253 e. The Balaban J connectivity index is 1.64. The molecule has 3 nitrogen and oxygen atoms in total. The van der Waals surface area contributed by atoms with Crippen molar-refractivity contribution in [1.29, 1.82) is 0 Å². The highest BCUT2D eigenvalue weighted by molar-refractivity contribution is 7.11. The fourth-order valence-electron chi connectivity index (χ4n) is 2.78. The van der Waals surface area contributed by atoms with Crippen molar-refractivity contribution in [3.8, 4) is 0 Å². The van der Waals surface area contributed by atoms with E-state index < -0.39 is 0 Å². The standard InChI is InChI=1S/C17H19ClN2OS/c1-11-12(2)22-16(19-11)13-7-9-20(10-8-13)17(21)14-3-5-15(18)6-4-14/h3-6,13H,7-10H2,1-2H3. The third kappa shape index (κ3) is 3.18. The van der Waals surface area contributed by atoms with Crippen molar-refractivity contribution in [3.05, 3.63) is 50.4 Å². The maximum atomic E-state index is 12.5. The van der Waals surface area contributed by atoms with Gasteiger partial charge < -0.3 is 4.90 Å². The van der Waals surface area contributed by atoms with Crippen LogP contribution in [-0.2, 0) is 0 Å². The number of rotatable bonds is 2. The van der Waals surface area contributed by atoms with Gasteiger partial charge in [0.25, 0.3) is 5.91 Å². The summed E-state index contributed by atoms with van der Waals surface area (Å²) in [5, 5.41) is 1.89. The van der Waals surface area contributed by atoms with Crippen LogP contribution in [0.15, 0.2) is 24.3 Å². The van der Waals surface area contributed by atoms with E-state index in [1.54, 1.807) is 35.6 Å². The lowest BCUT2D eigenvalue weighted by molar-refractivity contribution is 0.0713. The molecule has 0 atom stereocenters. The average Bonchev–Trinajstić information content (AvgIpc) is 2.87. The minimum absolute atomic E-state index is 0.0987. The number of benzene rings is 1. The Labute approximate surface area is 139 Å². The fraction of sp³-hybridized carbons (Fsp3) is 0.412. The number of aryl methyl sites for hydroxylation is 2. The summed E-state index contributed by atoms with van der Waals surface area (Å²) in [6, 6.07) is 7.12. The minimum Gasteiger partial charge on any atom is -0.339 e. The predicted molar refractivity (Wildman–Crippen MR) is 90.9 cm³/mol. The first-order chi connectivity index (χ1) is 10.5. The van der Waals surface area contributed by atoms with Crippen LogP contribution in [0.1, 0.15) is 44.7 Å². The molecule has 2 aromatic rings. The number of nitrogens with zero attached hydrogens (tertiary/aromatic N) is 2. The number of likely N-dealkylation sites (tertiary alicyclic amines) is 1. The summed E-state index contributed by atoms with van der Waals surface area (Å²) in [5.74, 6) is 0.591. The number of carbonyl (C=O) groups is 1. The van der Waals surface area contributed by atoms with Crippen LogP contribution in [-0.4, -0.2) is 28.9 Å². The number of aromatic nitrogens is 1. The van der Waals surface area contributed by atoms with Crippen LogP contribution in [0, 0.1) is 13.8 Å². The molecule has 0 N–H and O–H groups in total. The molecule has 2 heterocycles. The minimum atomic E-state index is 0.0987. The first-order valence-electron chi connectivity index (χ1n) is 7.53. The lowest BCUT2D eigenvalue weighted by Gasteiger charge is -2.31. The largest absolute Gasteiger partial charge is 0.339 e. The van der Waals surface area contributed by atoms with E-state index in [0.717, 1.165) is 31.6 Å². The second kappa shape index (κ2) is 6.39. The van der Waals surface area contributed by atoms with E-state index in [1.165, 1.54) is 9.88 Å². The smallest absolute Gasteiger partial charge is 0.253 e. The van der Waals surface area contributed by atoms with E-state index in [0.29, 0.717) is 16.5 Å². The van der Waals surface area contributed by atoms with Gasteiger partial charge in [-0.05, 0) is 51.0 Å². The predicted octanol–water partition coefficient (Wildman–Crippen LogP) is 4.43. The van der Waals surface area contributed by atoms with Crippen LogP contribution >= 0.6 is 22.9 Å². The molecule has 22 heavy (non-hydrogen) atoms. The Bertz CT molecular complexity index is 653. The summed E-state index contributed by atoms with van der Waals surface area (Å²) in [5.41, 5.74) is 1.85. The molecule has 0 bridgehead atoms. The Morgan fingerprint density at radius 2 is 1.86 bits per heavy atom. The lowest BCUT2D eigenvalue weighted by Crippen LogP contribution is -2.37. The van der Waals surface area contributed by atoms with Gasteiger partial charge in [0.15, 0.2) is 0 Å². The van der Waals surface area contributed by atoms with E-state index in [9.17, 15) is 4.79 Å². The monoisotopic (exact) mass is 334 g/mol. The molecule has 0 unspecified atom stereocenters. The second-order valence-corrected chi connectivity index (χ2v) is 7.44. The second-order valence-electron chi connectivity index (χ2n) is 5.77. The van der Waals surface area contributed by atoms with Gasteiger partial charge in [-0.1, -0.05) is 11.6 Å². The summed E-state index contributed by atoms with van der Waals surface area (Å²) in [4.78, 5) is 20.4. The summed E-state index contributed by atoms with van der Waals surface area (Å²) in [7, 11) is 0. The third-order valence-corrected chi connectivity index (χ3v) is 5.75. The summed E-state index contributed by atoms with van der Waals surface area (Å²) >= 11 is 7.67. The molecule has 1 fully saturated rings. The molecule has 0 spiro atoms. The molecular weight excluding hydrogens is 316 g/mol. The van der Waals surface area contributed by atoms with Gasteiger partial charge in [-0.3, -0.25) is 4.79 Å². The fourth-order valence-corrected chi connectivity index (χ4v) is 3.99. The highest BCUT2D eigenvalue weighted by atomic mass is 35.5. The van der Waals surface area contributed by atoms with Crippen LogP contribution < -0.4 is 0 Å². The first kappa shape index (κ1) is 15.5. The molecule has 1 amide bonds. The van der Waals surface area contributed by atoms with Gasteiger partial charge in [0.2, 0.25) is 0 Å². The van der Waals surface area contributed by atoms with E-state index >= 15 is 0 Å². The van der Waals surface area contributed by atoms with Gasteiger partial charge in [0.1, 0.15) is 0 Å². The molecule has 0 saturated carbocycles. The van der Waals surface area contributed by atoms with Crippen molar-refractivity contribution in [3.63, 3.8) is 0 Å². The van der Waals surface area contributed by atoms with Crippen molar-refractivity contribution >= 4 is 28.8 Å². The summed E-state index contributed by atoms with van der Waals surface area (Å²) in [6.07, 6.45) is 1.98. The van der Waals surface area contributed by atoms with Gasteiger partial charge in [0, 0.05) is 34.5 Å². The van der Waals surface area contributed by atoms with Crippen LogP contribution in [0.3, 0.4) is 0 Å². The lowest BCUT2D eigenvalue weighted by atomic mass is 9.97. The SMILES string of the molecule is Cc1nc(C2CCN(C(=O)c3ccc(Cl)cc3)CC2)sc1C. The Morgan fingerprint density at radius 1 is 1.23 bits per heavy atom. The number of halogens is 1. The highest BCUT2D eigenvalue weighted by Crippen LogP contribution is 2.32. The molecule has 116 valence electrons. The topological polar surface area (TPSA) is 33.2 Å². The van der Waals surface area contributed by atoms with Crippen LogP contribution in [0.4, 0.5) is 0 Å². The number of amides is 1. The molecule has 1 aliphatic heterocycles. The van der Waals surface area contributed by atoms with Gasteiger partial charge in [-0.25, -0.2) is 4.98 Å². The molecule has 1 aromatic heterocycles. The highest BCUT2D eigenvalue weighted by Gasteiger charge is 2.26. The molecule has 3 rings (SSSR count). The van der Waals surface area contributed by atoms with Gasteiger partial charge in [-0.2, -0.15) is 0 Å². The number of carbonyl (C=O) groups excluding carboxylic acids is 1. The number of hydrogen-bond donors (Lipinski definition) is 0. The maximum absolute atomic E-state index is 12.5. The number of piperidine rings is 1. The zero-order chi connectivity index (χ0) is 15.7. The summed E-state index contributed by atoms with van der Waals surface area (Å²) < 4.78 is 0. The van der Waals surface area contributed by atoms with Crippen LogP contribution in [0.2, 0.25) is 5.02 Å². The molecule has 1 aliphatic rings. The van der Waals surface area contributed by atoms with Gasteiger partial charge in [0.05, 0.1) is 10.7 Å². The van der Waals surface area contributed by atoms with E-state index in [2.05, 4.69) is 18.8 Å². The third-order valence-electron chi connectivity index (χ3n) is 4.27. The molecule has 0 aliphatic carbocycles. The van der Waals surface area contributed by atoms with Crippen molar-refractivity contribution in [1.82, 2.24) is 9.88 Å². The van der Waals surface area contributed by atoms with E-state index in [-0.39, 0.29) is 5.91 Å². The van der Waals surface area contributed by atoms with Crippen molar-refractivity contribution in [2.24, 2.45) is 0 Å². The van der Waals surface area contributed by atoms with E-state index in [1.807, 2.05) is 4.90 Å². The zero-order valence-corrected chi connectivity index (χ0v) is 14.4. The Hall–Kier alpha value is -1.39. The van der Waals surface area contributed by atoms with Crippen molar-refractivity contribution < 1.29 is 4.79 Å². The quantitative estimate of drug-likeness (QED) is 0.813. The summed E-state index contributed by atoms with van der Waals surface area (Å²) in [6.45, 7) is 5.78. The van der Waals surface area contributed by atoms with Gasteiger partial charge >= 0.3 is 0 Å². The van der Waals surface area contributed by atoms with Crippen LogP contribution in [0.25, 0.3) is 0 Å². The molecule has 5 heteroatoms. The molecule has 0 radical (unpaired) electrons. The molecule has 1 saturated heterocycles. The Morgan fingerprint density at radius 3 is 2.41 bits per heavy atom. The first-order valence-corrected chi connectivity index (χ1v) is 8.73. The zero-order valence-electron chi connectivity index (χ0n) is 12.8. The van der Waals surface area contributed by atoms with Crippen molar-refractivity contribution in [2.45, 2.75) is 32.6 Å². The van der Waals surface area contributed by atoms with Crippen LogP contribution in [0.5, 0.6) is 0 Å².